The van der Waals surface area contributed by atoms with E-state index in [0.717, 1.165) is 36.3 Å². The Morgan fingerprint density at radius 1 is 1.15 bits per heavy atom. The topological polar surface area (TPSA) is 21.3 Å². The first-order chi connectivity index (χ1) is 9.68. The third kappa shape index (κ3) is 4.22. The Morgan fingerprint density at radius 3 is 2.75 bits per heavy atom. The maximum absolute atomic E-state index is 5.87. The molecule has 0 bridgehead atoms. The molecule has 0 heterocycles. The highest BCUT2D eigenvalue weighted by atomic mass is 79.9. The molecular weight excluding hydrogens is 314 g/mol. The van der Waals surface area contributed by atoms with Crippen LogP contribution in [0.4, 0.5) is 0 Å². The van der Waals surface area contributed by atoms with Crippen molar-refractivity contribution in [3.05, 3.63) is 40.9 Å². The Morgan fingerprint density at radius 2 is 1.95 bits per heavy atom. The van der Waals surface area contributed by atoms with Gasteiger partial charge in [-0.25, -0.2) is 0 Å². The Hall–Kier alpha value is -1.06. The minimum Gasteiger partial charge on any atom is -0.492 e. The quantitative estimate of drug-likeness (QED) is 0.745. The standard InChI is InChI=1S/C17H22BrNO/c1-13(2)12-19-10-5-11-20-16-9-8-14-6-3-4-7-15(14)17(16)18/h3-4,6-9,13,19H,5,10-12H2,1-2H3. The van der Waals surface area contributed by atoms with E-state index in [-0.39, 0.29) is 0 Å². The van der Waals surface area contributed by atoms with E-state index in [4.69, 9.17) is 4.74 Å². The molecule has 0 saturated heterocycles. The minimum atomic E-state index is 0.700. The van der Waals surface area contributed by atoms with Crippen LogP contribution in [0.25, 0.3) is 10.8 Å². The molecule has 2 aromatic carbocycles. The van der Waals surface area contributed by atoms with E-state index in [2.05, 4.69) is 59.4 Å². The zero-order valence-electron chi connectivity index (χ0n) is 12.2. The summed E-state index contributed by atoms with van der Waals surface area (Å²) in [7, 11) is 0. The molecule has 0 aliphatic heterocycles. The van der Waals surface area contributed by atoms with Crippen molar-refractivity contribution in [3.8, 4) is 5.75 Å². The van der Waals surface area contributed by atoms with Gasteiger partial charge >= 0.3 is 0 Å². The number of rotatable bonds is 7. The molecule has 0 atom stereocenters. The van der Waals surface area contributed by atoms with Crippen LogP contribution in [0.15, 0.2) is 40.9 Å². The van der Waals surface area contributed by atoms with Gasteiger partial charge in [0.25, 0.3) is 0 Å². The fourth-order valence-corrected chi connectivity index (χ4v) is 2.70. The molecule has 0 aliphatic rings. The van der Waals surface area contributed by atoms with E-state index in [1.54, 1.807) is 0 Å². The molecule has 2 nitrogen and oxygen atoms in total. The molecule has 0 radical (unpaired) electrons. The fraction of sp³-hybridized carbons (Fsp3) is 0.412. The third-order valence-corrected chi connectivity index (χ3v) is 3.95. The Labute approximate surface area is 129 Å². The van der Waals surface area contributed by atoms with Crippen molar-refractivity contribution in [2.24, 2.45) is 5.92 Å². The van der Waals surface area contributed by atoms with Crippen molar-refractivity contribution in [1.82, 2.24) is 5.32 Å². The van der Waals surface area contributed by atoms with Gasteiger partial charge in [-0.2, -0.15) is 0 Å². The van der Waals surface area contributed by atoms with Gasteiger partial charge in [-0.3, -0.25) is 0 Å². The van der Waals surface area contributed by atoms with Crippen LogP contribution in [-0.2, 0) is 0 Å². The van der Waals surface area contributed by atoms with Crippen molar-refractivity contribution in [1.29, 1.82) is 0 Å². The number of ether oxygens (including phenoxy) is 1. The van der Waals surface area contributed by atoms with Gasteiger partial charge < -0.3 is 10.1 Å². The van der Waals surface area contributed by atoms with Crippen molar-refractivity contribution in [3.63, 3.8) is 0 Å². The summed E-state index contributed by atoms with van der Waals surface area (Å²) >= 11 is 3.64. The highest BCUT2D eigenvalue weighted by molar-refractivity contribution is 9.10. The highest BCUT2D eigenvalue weighted by Crippen LogP contribution is 2.32. The van der Waals surface area contributed by atoms with E-state index in [1.807, 2.05) is 12.1 Å². The first-order valence-corrected chi connectivity index (χ1v) is 7.98. The van der Waals surface area contributed by atoms with Gasteiger partial charge in [0.05, 0.1) is 11.1 Å². The lowest BCUT2D eigenvalue weighted by atomic mass is 10.1. The Bertz CT molecular complexity index is 554. The maximum atomic E-state index is 5.87. The first-order valence-electron chi connectivity index (χ1n) is 7.19. The normalized spacial score (nSPS) is 11.2. The van der Waals surface area contributed by atoms with Crippen LogP contribution in [0.3, 0.4) is 0 Å². The minimum absolute atomic E-state index is 0.700. The number of halogens is 1. The second-order valence-electron chi connectivity index (χ2n) is 5.40. The summed E-state index contributed by atoms with van der Waals surface area (Å²) in [4.78, 5) is 0. The lowest BCUT2D eigenvalue weighted by molar-refractivity contribution is 0.305. The van der Waals surface area contributed by atoms with E-state index >= 15 is 0 Å². The summed E-state index contributed by atoms with van der Waals surface area (Å²) < 4.78 is 6.91. The van der Waals surface area contributed by atoms with Crippen molar-refractivity contribution >= 4 is 26.7 Å². The van der Waals surface area contributed by atoms with Crippen molar-refractivity contribution < 1.29 is 4.74 Å². The maximum Gasteiger partial charge on any atom is 0.134 e. The number of nitrogens with one attached hydrogen (secondary N) is 1. The Kier molecular flexibility index (Phi) is 5.86. The fourth-order valence-electron chi connectivity index (χ4n) is 2.10. The first kappa shape index (κ1) is 15.3. The van der Waals surface area contributed by atoms with E-state index in [1.165, 1.54) is 10.8 Å². The third-order valence-electron chi connectivity index (χ3n) is 3.14. The molecule has 3 heteroatoms. The molecule has 1 N–H and O–H groups in total. The van der Waals surface area contributed by atoms with Crippen LogP contribution < -0.4 is 10.1 Å². The molecule has 0 fully saturated rings. The zero-order chi connectivity index (χ0) is 14.4. The van der Waals surface area contributed by atoms with Crippen LogP contribution in [0.1, 0.15) is 20.3 Å². The monoisotopic (exact) mass is 335 g/mol. The largest absolute Gasteiger partial charge is 0.492 e. The average Bonchev–Trinajstić information content (AvgIpc) is 2.45. The zero-order valence-corrected chi connectivity index (χ0v) is 13.7. The lowest BCUT2D eigenvalue weighted by Gasteiger charge is -2.11. The predicted molar refractivity (Wildman–Crippen MR) is 89.5 cm³/mol. The van der Waals surface area contributed by atoms with Gasteiger partial charge in [0.1, 0.15) is 5.75 Å². The summed E-state index contributed by atoms with van der Waals surface area (Å²) in [6.45, 7) is 7.25. The number of fused-ring (bicyclic) bond motifs is 1. The molecule has 0 amide bonds. The van der Waals surface area contributed by atoms with Crippen molar-refractivity contribution in [2.45, 2.75) is 20.3 Å². The molecule has 2 rings (SSSR count). The van der Waals surface area contributed by atoms with Gasteiger partial charge in [-0.1, -0.05) is 44.2 Å². The Balaban J connectivity index is 1.86. The summed E-state index contributed by atoms with van der Waals surface area (Å²) in [5.74, 6) is 1.62. The average molecular weight is 336 g/mol. The molecule has 108 valence electrons. The molecule has 0 aromatic heterocycles. The predicted octanol–water partition coefficient (Wildman–Crippen LogP) is 4.62. The molecule has 0 spiro atoms. The summed E-state index contributed by atoms with van der Waals surface area (Å²) in [5.41, 5.74) is 0. The van der Waals surface area contributed by atoms with E-state index in [0.29, 0.717) is 5.92 Å². The SMILES string of the molecule is CC(C)CNCCCOc1ccc2ccccc2c1Br. The second-order valence-corrected chi connectivity index (χ2v) is 6.19. The molecule has 0 unspecified atom stereocenters. The summed E-state index contributed by atoms with van der Waals surface area (Å²) in [5, 5.41) is 5.85. The van der Waals surface area contributed by atoms with Crippen LogP contribution >= 0.6 is 15.9 Å². The summed E-state index contributed by atoms with van der Waals surface area (Å²) in [6.07, 6.45) is 1.02. The molecule has 20 heavy (non-hydrogen) atoms. The van der Waals surface area contributed by atoms with Gasteiger partial charge in [0, 0.05) is 0 Å². The summed E-state index contributed by atoms with van der Waals surface area (Å²) in [6, 6.07) is 12.5. The van der Waals surface area contributed by atoms with Crippen LogP contribution in [-0.4, -0.2) is 19.7 Å². The smallest absolute Gasteiger partial charge is 0.134 e. The van der Waals surface area contributed by atoms with Gasteiger partial charge in [-0.05, 0) is 58.2 Å². The van der Waals surface area contributed by atoms with Crippen LogP contribution in [0.2, 0.25) is 0 Å². The van der Waals surface area contributed by atoms with Gasteiger partial charge in [-0.15, -0.1) is 0 Å². The van der Waals surface area contributed by atoms with Crippen molar-refractivity contribution in [2.75, 3.05) is 19.7 Å². The molecule has 0 aliphatic carbocycles. The number of hydrogen-bond acceptors (Lipinski definition) is 2. The van der Waals surface area contributed by atoms with E-state index in [9.17, 15) is 0 Å². The number of benzene rings is 2. The van der Waals surface area contributed by atoms with Crippen LogP contribution in [0, 0.1) is 5.92 Å². The molecule has 2 aromatic rings. The van der Waals surface area contributed by atoms with Gasteiger partial charge in [0.15, 0.2) is 0 Å². The lowest BCUT2D eigenvalue weighted by Crippen LogP contribution is -2.22. The van der Waals surface area contributed by atoms with E-state index < -0.39 is 0 Å². The number of hydrogen-bond donors (Lipinski definition) is 1. The molecule has 0 saturated carbocycles. The highest BCUT2D eigenvalue weighted by Gasteiger charge is 2.05. The van der Waals surface area contributed by atoms with Gasteiger partial charge in [0.2, 0.25) is 0 Å². The van der Waals surface area contributed by atoms with Crippen LogP contribution in [0.5, 0.6) is 5.75 Å². The molecular formula is C17H22BrNO. The second kappa shape index (κ2) is 7.65.